The highest BCUT2D eigenvalue weighted by Gasteiger charge is 2.16. The van der Waals surface area contributed by atoms with Crippen molar-refractivity contribution in [1.82, 2.24) is 4.90 Å². The Morgan fingerprint density at radius 1 is 1.00 bits per heavy atom. The Morgan fingerprint density at radius 3 is 2.37 bits per heavy atom. The van der Waals surface area contributed by atoms with Gasteiger partial charge in [0.25, 0.3) is 0 Å². The summed E-state index contributed by atoms with van der Waals surface area (Å²) >= 11 is 0. The molecule has 0 fully saturated rings. The van der Waals surface area contributed by atoms with Gasteiger partial charge in [-0.05, 0) is 67.3 Å². The third-order valence-corrected chi connectivity index (χ3v) is 5.32. The molecule has 4 nitrogen and oxygen atoms in total. The topological polar surface area (TPSA) is 49.4 Å². The van der Waals surface area contributed by atoms with Gasteiger partial charge in [0.15, 0.2) is 0 Å². The van der Waals surface area contributed by atoms with Crippen molar-refractivity contribution < 1.29 is 9.59 Å². The fraction of sp³-hybridized carbons (Fsp3) is 0.391. The molecule has 1 N–H and O–H groups in total. The maximum Gasteiger partial charge on any atom is 0.243 e. The number of carbonyl (C=O) groups excluding carboxylic acids is 2. The van der Waals surface area contributed by atoms with E-state index in [9.17, 15) is 9.59 Å². The molecular weight excluding hydrogens is 336 g/mol. The van der Waals surface area contributed by atoms with E-state index in [1.54, 1.807) is 7.05 Å². The SMILES string of the molecule is Cc1cccc(C)c1NC(=O)CN(C)C(=O)Cc1ccc2c(c1)CCCC2. The Morgan fingerprint density at radius 2 is 1.67 bits per heavy atom. The summed E-state index contributed by atoms with van der Waals surface area (Å²) < 4.78 is 0. The number of para-hydroxylation sites is 1. The fourth-order valence-corrected chi connectivity index (χ4v) is 3.70. The van der Waals surface area contributed by atoms with Gasteiger partial charge in [-0.25, -0.2) is 0 Å². The molecule has 2 amide bonds. The molecule has 0 bridgehead atoms. The summed E-state index contributed by atoms with van der Waals surface area (Å²) in [6, 6.07) is 12.3. The van der Waals surface area contributed by atoms with Crippen LogP contribution in [0.5, 0.6) is 0 Å². The van der Waals surface area contributed by atoms with Crippen LogP contribution in [0, 0.1) is 13.8 Å². The Balaban J connectivity index is 1.58. The van der Waals surface area contributed by atoms with Crippen molar-refractivity contribution in [3.05, 3.63) is 64.2 Å². The largest absolute Gasteiger partial charge is 0.336 e. The van der Waals surface area contributed by atoms with E-state index in [2.05, 4.69) is 17.4 Å². The first-order chi connectivity index (χ1) is 12.9. The lowest BCUT2D eigenvalue weighted by molar-refractivity contribution is -0.132. The number of nitrogens with zero attached hydrogens (tertiary/aromatic N) is 1. The van der Waals surface area contributed by atoms with E-state index in [4.69, 9.17) is 0 Å². The molecule has 0 unspecified atom stereocenters. The number of fused-ring (bicyclic) bond motifs is 1. The quantitative estimate of drug-likeness (QED) is 0.877. The Bertz CT molecular complexity index is 837. The van der Waals surface area contributed by atoms with Crippen LogP contribution in [0.3, 0.4) is 0 Å². The Kier molecular flexibility index (Phi) is 5.94. The number of aryl methyl sites for hydroxylation is 4. The van der Waals surface area contributed by atoms with Gasteiger partial charge in [0, 0.05) is 12.7 Å². The van der Waals surface area contributed by atoms with Gasteiger partial charge in [0.05, 0.1) is 13.0 Å². The third-order valence-electron chi connectivity index (χ3n) is 5.32. The van der Waals surface area contributed by atoms with Gasteiger partial charge in [-0.3, -0.25) is 9.59 Å². The fourth-order valence-electron chi connectivity index (χ4n) is 3.70. The number of amides is 2. The molecule has 0 saturated heterocycles. The minimum Gasteiger partial charge on any atom is -0.336 e. The van der Waals surface area contributed by atoms with Gasteiger partial charge in [-0.2, -0.15) is 0 Å². The first-order valence-electron chi connectivity index (χ1n) is 9.65. The summed E-state index contributed by atoms with van der Waals surface area (Å²) in [5.41, 5.74) is 6.69. The minimum absolute atomic E-state index is 0.0394. The number of hydrogen-bond donors (Lipinski definition) is 1. The molecule has 2 aromatic rings. The van der Waals surface area contributed by atoms with Gasteiger partial charge in [-0.15, -0.1) is 0 Å². The first-order valence-corrected chi connectivity index (χ1v) is 9.65. The highest BCUT2D eigenvalue weighted by atomic mass is 16.2. The van der Waals surface area contributed by atoms with Gasteiger partial charge >= 0.3 is 0 Å². The van der Waals surface area contributed by atoms with Crippen molar-refractivity contribution >= 4 is 17.5 Å². The van der Waals surface area contributed by atoms with Crippen LogP contribution in [0.15, 0.2) is 36.4 Å². The molecule has 0 saturated carbocycles. The van der Waals surface area contributed by atoms with E-state index in [1.165, 1.54) is 28.9 Å². The van der Waals surface area contributed by atoms with Crippen LogP contribution in [0.2, 0.25) is 0 Å². The Hall–Kier alpha value is -2.62. The number of hydrogen-bond acceptors (Lipinski definition) is 2. The highest BCUT2D eigenvalue weighted by molar-refractivity contribution is 5.95. The molecule has 0 aromatic heterocycles. The summed E-state index contributed by atoms with van der Waals surface area (Å²) in [4.78, 5) is 26.4. The molecule has 0 spiro atoms. The number of rotatable bonds is 5. The lowest BCUT2D eigenvalue weighted by Gasteiger charge is -2.19. The highest BCUT2D eigenvalue weighted by Crippen LogP contribution is 2.23. The maximum absolute atomic E-state index is 12.5. The van der Waals surface area contributed by atoms with Crippen LogP contribution >= 0.6 is 0 Å². The lowest BCUT2D eigenvalue weighted by Crippen LogP contribution is -2.36. The van der Waals surface area contributed by atoms with E-state index in [0.717, 1.165) is 35.2 Å². The zero-order valence-electron chi connectivity index (χ0n) is 16.5. The minimum atomic E-state index is -0.173. The van der Waals surface area contributed by atoms with E-state index in [0.29, 0.717) is 6.42 Å². The molecule has 4 heteroatoms. The van der Waals surface area contributed by atoms with Crippen LogP contribution in [-0.4, -0.2) is 30.3 Å². The standard InChI is InChI=1S/C23H28N2O2/c1-16-7-6-8-17(2)23(16)24-21(26)15-25(3)22(27)14-18-11-12-19-9-4-5-10-20(19)13-18/h6-8,11-13H,4-5,9-10,14-15H2,1-3H3,(H,24,26). The van der Waals surface area contributed by atoms with Crippen LogP contribution in [0.25, 0.3) is 0 Å². The van der Waals surface area contributed by atoms with E-state index in [-0.39, 0.29) is 18.4 Å². The molecule has 1 aliphatic rings. The zero-order chi connectivity index (χ0) is 19.4. The average Bonchev–Trinajstić information content (AvgIpc) is 2.64. The number of carbonyl (C=O) groups is 2. The van der Waals surface area contributed by atoms with Gasteiger partial charge < -0.3 is 10.2 Å². The smallest absolute Gasteiger partial charge is 0.243 e. The predicted octanol–water partition coefficient (Wildman–Crippen LogP) is 3.82. The molecule has 0 atom stereocenters. The van der Waals surface area contributed by atoms with Gasteiger partial charge in [0.1, 0.15) is 0 Å². The van der Waals surface area contributed by atoms with Crippen LogP contribution < -0.4 is 5.32 Å². The molecule has 27 heavy (non-hydrogen) atoms. The zero-order valence-corrected chi connectivity index (χ0v) is 16.5. The summed E-state index contributed by atoms with van der Waals surface area (Å²) in [6.45, 7) is 3.98. The number of nitrogens with one attached hydrogen (secondary N) is 1. The first kappa shape index (κ1) is 19.2. The third kappa shape index (κ3) is 4.76. The molecule has 3 rings (SSSR count). The molecule has 0 heterocycles. The molecule has 2 aromatic carbocycles. The summed E-state index contributed by atoms with van der Waals surface area (Å²) in [6.07, 6.45) is 5.06. The molecule has 1 aliphatic carbocycles. The Labute approximate surface area is 161 Å². The van der Waals surface area contributed by atoms with Crippen molar-refractivity contribution in [3.63, 3.8) is 0 Å². The summed E-state index contributed by atoms with van der Waals surface area (Å²) in [5.74, 6) is -0.212. The second kappa shape index (κ2) is 8.38. The van der Waals surface area contributed by atoms with Crippen molar-refractivity contribution in [3.8, 4) is 0 Å². The van der Waals surface area contributed by atoms with Crippen molar-refractivity contribution in [2.45, 2.75) is 46.0 Å². The molecular formula is C23H28N2O2. The van der Waals surface area contributed by atoms with E-state index in [1.807, 2.05) is 38.1 Å². The van der Waals surface area contributed by atoms with Gasteiger partial charge in [0.2, 0.25) is 11.8 Å². The summed E-state index contributed by atoms with van der Waals surface area (Å²) in [7, 11) is 1.69. The van der Waals surface area contributed by atoms with Crippen LogP contribution in [-0.2, 0) is 28.9 Å². The second-order valence-electron chi connectivity index (χ2n) is 7.55. The van der Waals surface area contributed by atoms with Crippen LogP contribution in [0.4, 0.5) is 5.69 Å². The molecule has 0 aliphatic heterocycles. The van der Waals surface area contributed by atoms with Crippen LogP contribution in [0.1, 0.15) is 40.7 Å². The predicted molar refractivity (Wildman–Crippen MR) is 109 cm³/mol. The molecule has 0 radical (unpaired) electrons. The molecule has 142 valence electrons. The monoisotopic (exact) mass is 364 g/mol. The lowest BCUT2D eigenvalue weighted by atomic mass is 9.90. The number of anilines is 1. The van der Waals surface area contributed by atoms with Crippen molar-refractivity contribution in [2.24, 2.45) is 0 Å². The van der Waals surface area contributed by atoms with Crippen molar-refractivity contribution in [1.29, 1.82) is 0 Å². The second-order valence-corrected chi connectivity index (χ2v) is 7.55. The van der Waals surface area contributed by atoms with E-state index >= 15 is 0 Å². The average molecular weight is 364 g/mol. The number of benzene rings is 2. The van der Waals surface area contributed by atoms with E-state index < -0.39 is 0 Å². The normalized spacial score (nSPS) is 13.0. The van der Waals surface area contributed by atoms with Gasteiger partial charge in [-0.1, -0.05) is 36.4 Å². The number of likely N-dealkylation sites (N-methyl/N-ethyl adjacent to an activating group) is 1. The van der Waals surface area contributed by atoms with Crippen molar-refractivity contribution in [2.75, 3.05) is 18.9 Å². The summed E-state index contributed by atoms with van der Waals surface area (Å²) in [5, 5.41) is 2.94. The maximum atomic E-state index is 12.5.